The average Bonchev–Trinajstić information content (AvgIpc) is 2.71. The van der Waals surface area contributed by atoms with Crippen LogP contribution in [0.2, 0.25) is 0 Å². The van der Waals surface area contributed by atoms with Crippen LogP contribution in [-0.4, -0.2) is 58.3 Å². The molecule has 0 radical (unpaired) electrons. The molecule has 1 aliphatic rings. The van der Waals surface area contributed by atoms with Gasteiger partial charge in [-0.1, -0.05) is 13.3 Å². The van der Waals surface area contributed by atoms with Crippen LogP contribution in [0.15, 0.2) is 0 Å². The number of halogens is 3. The maximum atomic E-state index is 12.0. The van der Waals surface area contributed by atoms with Gasteiger partial charge in [-0.05, 0) is 6.42 Å². The van der Waals surface area contributed by atoms with Gasteiger partial charge in [0.15, 0.2) is 0 Å². The summed E-state index contributed by atoms with van der Waals surface area (Å²) in [5.41, 5.74) is 0. The molecule has 2 atom stereocenters. The van der Waals surface area contributed by atoms with E-state index < -0.39 is 37.2 Å². The second-order valence-corrected chi connectivity index (χ2v) is 5.66. The van der Waals surface area contributed by atoms with Crippen molar-refractivity contribution >= 4 is 23.6 Å². The molecule has 1 amide bonds. The molecule has 9 heteroatoms. The zero-order valence-corrected chi connectivity index (χ0v) is 11.8. The van der Waals surface area contributed by atoms with Crippen molar-refractivity contribution in [2.75, 3.05) is 18.8 Å². The van der Waals surface area contributed by atoms with Crippen molar-refractivity contribution in [3.8, 4) is 0 Å². The molecule has 0 bridgehead atoms. The zero-order chi connectivity index (χ0) is 15.3. The first-order chi connectivity index (χ1) is 9.26. The highest BCUT2D eigenvalue weighted by Crippen LogP contribution is 2.32. The molecule has 0 saturated carbocycles. The summed E-state index contributed by atoms with van der Waals surface area (Å²) in [4.78, 5) is 24.2. The molecule has 1 fully saturated rings. The molecule has 116 valence electrons. The molecule has 0 aromatic heterocycles. The minimum absolute atomic E-state index is 0.269. The Hall–Kier alpha value is -0.960. The number of carboxylic acids is 1. The highest BCUT2D eigenvalue weighted by atomic mass is 32.2. The second kappa shape index (κ2) is 7.16. The van der Waals surface area contributed by atoms with Gasteiger partial charge in [0.2, 0.25) is 5.91 Å². The van der Waals surface area contributed by atoms with E-state index in [2.05, 4.69) is 0 Å². The van der Waals surface area contributed by atoms with Gasteiger partial charge in [-0.25, -0.2) is 4.79 Å². The number of nitrogens with one attached hydrogen (secondary N) is 1. The average molecular weight is 314 g/mol. The fourth-order valence-corrected chi connectivity index (χ4v) is 3.50. The Labute approximate surface area is 118 Å². The van der Waals surface area contributed by atoms with E-state index in [0.717, 1.165) is 6.42 Å². The van der Waals surface area contributed by atoms with Gasteiger partial charge in [0.05, 0.1) is 18.5 Å². The Bertz CT molecular complexity index is 365. The topological polar surface area (TPSA) is 69.6 Å². The summed E-state index contributed by atoms with van der Waals surface area (Å²) in [5.74, 6) is -1.46. The zero-order valence-electron chi connectivity index (χ0n) is 10.9. The number of thioether (sulfide) groups is 1. The lowest BCUT2D eigenvalue weighted by atomic mass is 10.2. The van der Waals surface area contributed by atoms with Crippen LogP contribution in [-0.2, 0) is 9.59 Å². The van der Waals surface area contributed by atoms with Crippen molar-refractivity contribution in [2.45, 2.75) is 37.4 Å². The molecule has 0 aliphatic carbocycles. The summed E-state index contributed by atoms with van der Waals surface area (Å²) in [5, 5.41) is 10.8. The highest BCUT2D eigenvalue weighted by molar-refractivity contribution is 8.00. The summed E-state index contributed by atoms with van der Waals surface area (Å²) in [6.07, 6.45) is -3.00. The van der Waals surface area contributed by atoms with Crippen molar-refractivity contribution in [1.82, 2.24) is 10.2 Å². The monoisotopic (exact) mass is 314 g/mol. The summed E-state index contributed by atoms with van der Waals surface area (Å²) < 4.78 is 36.0. The largest absolute Gasteiger partial charge is 0.480 e. The van der Waals surface area contributed by atoms with E-state index in [1.54, 1.807) is 0 Å². The molecule has 1 saturated heterocycles. The van der Waals surface area contributed by atoms with Gasteiger partial charge in [-0.3, -0.25) is 4.79 Å². The quantitative estimate of drug-likeness (QED) is 0.773. The van der Waals surface area contributed by atoms with Crippen molar-refractivity contribution in [1.29, 1.82) is 0 Å². The van der Waals surface area contributed by atoms with E-state index in [0.29, 0.717) is 6.42 Å². The second-order valence-electron chi connectivity index (χ2n) is 4.45. The molecular weight excluding hydrogens is 297 g/mol. The first-order valence-electron chi connectivity index (χ1n) is 6.19. The minimum atomic E-state index is -4.39. The number of amides is 1. The lowest BCUT2D eigenvalue weighted by molar-refractivity contribution is -0.149. The first kappa shape index (κ1) is 17.1. The van der Waals surface area contributed by atoms with Gasteiger partial charge < -0.3 is 15.3 Å². The Morgan fingerprint density at radius 3 is 2.60 bits per heavy atom. The summed E-state index contributed by atoms with van der Waals surface area (Å²) in [6.45, 7) is 0.124. The SMILES string of the molecule is CCCC1SCC(C(=O)O)N1C(=O)CNCC(F)(F)F. The number of aliphatic carboxylic acids is 1. The number of carboxylic acid groups (broad SMARTS) is 1. The third-order valence-corrected chi connectivity index (χ3v) is 4.16. The molecular formula is C11H17F3N2O3S. The number of nitrogens with zero attached hydrogens (tertiary/aromatic N) is 1. The van der Waals surface area contributed by atoms with E-state index >= 15 is 0 Å². The highest BCUT2D eigenvalue weighted by Gasteiger charge is 2.41. The van der Waals surface area contributed by atoms with Gasteiger partial charge in [0.25, 0.3) is 0 Å². The Kier molecular flexibility index (Phi) is 6.12. The molecule has 0 aromatic carbocycles. The lowest BCUT2D eigenvalue weighted by Gasteiger charge is -2.27. The van der Waals surface area contributed by atoms with E-state index in [1.165, 1.54) is 16.7 Å². The summed E-state index contributed by atoms with van der Waals surface area (Å²) in [6, 6.07) is -0.961. The van der Waals surface area contributed by atoms with Crippen molar-refractivity contribution in [3.05, 3.63) is 0 Å². The van der Waals surface area contributed by atoms with Crippen LogP contribution < -0.4 is 5.32 Å². The first-order valence-corrected chi connectivity index (χ1v) is 7.24. The molecule has 1 aliphatic heterocycles. The van der Waals surface area contributed by atoms with Crippen molar-refractivity contribution in [3.63, 3.8) is 0 Å². The Morgan fingerprint density at radius 1 is 1.45 bits per heavy atom. The summed E-state index contributed by atoms with van der Waals surface area (Å²) in [7, 11) is 0. The van der Waals surface area contributed by atoms with Crippen LogP contribution in [0.5, 0.6) is 0 Å². The normalized spacial score (nSPS) is 23.1. The van der Waals surface area contributed by atoms with Crippen LogP contribution in [0.3, 0.4) is 0 Å². The maximum Gasteiger partial charge on any atom is 0.401 e. The third-order valence-electron chi connectivity index (χ3n) is 2.80. The van der Waals surface area contributed by atoms with Gasteiger partial charge >= 0.3 is 12.1 Å². The Morgan fingerprint density at radius 2 is 2.10 bits per heavy atom. The van der Waals surface area contributed by atoms with Gasteiger partial charge in [0.1, 0.15) is 6.04 Å². The molecule has 1 rings (SSSR count). The number of rotatable bonds is 6. The van der Waals surface area contributed by atoms with Crippen LogP contribution in [0.4, 0.5) is 13.2 Å². The van der Waals surface area contributed by atoms with E-state index in [9.17, 15) is 22.8 Å². The number of hydrogen-bond acceptors (Lipinski definition) is 4. The van der Waals surface area contributed by atoms with E-state index in [4.69, 9.17) is 5.11 Å². The fraction of sp³-hybridized carbons (Fsp3) is 0.818. The predicted octanol–water partition coefficient (Wildman–Crippen LogP) is 1.29. The van der Waals surface area contributed by atoms with Crippen LogP contribution in [0, 0.1) is 0 Å². The van der Waals surface area contributed by atoms with Crippen LogP contribution >= 0.6 is 11.8 Å². The van der Waals surface area contributed by atoms with Crippen LogP contribution in [0.25, 0.3) is 0 Å². The van der Waals surface area contributed by atoms with Gasteiger partial charge in [0, 0.05) is 5.75 Å². The van der Waals surface area contributed by atoms with Crippen LogP contribution in [0.1, 0.15) is 19.8 Å². The molecule has 5 nitrogen and oxygen atoms in total. The van der Waals surface area contributed by atoms with Gasteiger partial charge in [-0.2, -0.15) is 13.2 Å². The third kappa shape index (κ3) is 4.86. The number of carbonyl (C=O) groups is 2. The molecule has 20 heavy (non-hydrogen) atoms. The standard InChI is InChI=1S/C11H17F3N2O3S/c1-2-3-9-16(7(5-20-9)10(18)19)8(17)4-15-6-11(12,13)14/h7,9,15H,2-6H2,1H3,(H,18,19). The maximum absolute atomic E-state index is 12.0. The molecule has 0 aromatic rings. The number of alkyl halides is 3. The lowest BCUT2D eigenvalue weighted by Crippen LogP contribution is -2.49. The molecule has 2 N–H and O–H groups in total. The fourth-order valence-electron chi connectivity index (χ4n) is 1.96. The van der Waals surface area contributed by atoms with Gasteiger partial charge in [-0.15, -0.1) is 11.8 Å². The molecule has 2 unspecified atom stereocenters. The van der Waals surface area contributed by atoms with E-state index in [-0.39, 0.29) is 11.1 Å². The molecule has 0 spiro atoms. The Balaban J connectivity index is 2.62. The van der Waals surface area contributed by atoms with Crippen molar-refractivity contribution < 1.29 is 27.9 Å². The number of carbonyl (C=O) groups excluding carboxylic acids is 1. The smallest absolute Gasteiger partial charge is 0.401 e. The van der Waals surface area contributed by atoms with E-state index in [1.807, 2.05) is 12.2 Å². The molecule has 1 heterocycles. The number of hydrogen-bond donors (Lipinski definition) is 2. The predicted molar refractivity (Wildman–Crippen MR) is 68.3 cm³/mol. The summed E-state index contributed by atoms with van der Waals surface area (Å²) >= 11 is 1.35. The minimum Gasteiger partial charge on any atom is -0.480 e. The van der Waals surface area contributed by atoms with Crippen molar-refractivity contribution in [2.24, 2.45) is 0 Å².